The second kappa shape index (κ2) is 5.74. The molecule has 17 heavy (non-hydrogen) atoms. The number of halogens is 2. The average molecular weight is 304 g/mol. The van der Waals surface area contributed by atoms with E-state index in [1.807, 2.05) is 0 Å². The fourth-order valence-electron chi connectivity index (χ4n) is 1.14. The maximum absolute atomic E-state index is 13.4. The first-order valence-corrected chi connectivity index (χ1v) is 5.50. The third-order valence-electron chi connectivity index (χ3n) is 1.97. The molecule has 0 aliphatic rings. The molecule has 1 aromatic rings. The first-order valence-electron chi connectivity index (χ1n) is 4.70. The van der Waals surface area contributed by atoms with Gasteiger partial charge >= 0.3 is 0 Å². The summed E-state index contributed by atoms with van der Waals surface area (Å²) in [4.78, 5) is 22.1. The van der Waals surface area contributed by atoms with E-state index in [9.17, 15) is 14.0 Å². The average Bonchev–Trinajstić information content (AvgIpc) is 2.22. The van der Waals surface area contributed by atoms with E-state index < -0.39 is 23.7 Å². The Hall–Kier alpha value is -1.47. The van der Waals surface area contributed by atoms with Gasteiger partial charge < -0.3 is 16.8 Å². The summed E-state index contributed by atoms with van der Waals surface area (Å²) in [5.74, 6) is -1.96. The molecule has 0 bridgehead atoms. The Kier molecular flexibility index (Phi) is 4.59. The van der Waals surface area contributed by atoms with Gasteiger partial charge in [-0.05, 0) is 28.1 Å². The summed E-state index contributed by atoms with van der Waals surface area (Å²) in [7, 11) is 0. The number of nitrogens with two attached hydrogens (primary N) is 2. The van der Waals surface area contributed by atoms with Gasteiger partial charge in [-0.1, -0.05) is 6.07 Å². The topological polar surface area (TPSA) is 98.2 Å². The zero-order valence-corrected chi connectivity index (χ0v) is 10.3. The van der Waals surface area contributed by atoms with Gasteiger partial charge in [-0.25, -0.2) is 4.39 Å². The lowest BCUT2D eigenvalue weighted by Crippen LogP contribution is -2.39. The molecule has 0 heterocycles. The minimum absolute atomic E-state index is 0.0163. The molecule has 1 aromatic carbocycles. The number of rotatable bonds is 4. The van der Waals surface area contributed by atoms with Crippen molar-refractivity contribution in [2.45, 2.75) is 12.5 Å². The number of carbonyl (C=O) groups excluding carboxylic acids is 2. The van der Waals surface area contributed by atoms with Crippen LogP contribution in [0.25, 0.3) is 0 Å². The monoisotopic (exact) mass is 303 g/mol. The van der Waals surface area contributed by atoms with Crippen LogP contribution in [0.15, 0.2) is 22.7 Å². The van der Waals surface area contributed by atoms with Crippen molar-refractivity contribution in [1.29, 1.82) is 0 Å². The van der Waals surface area contributed by atoms with Gasteiger partial charge in [0, 0.05) is 4.47 Å². The number of hydrogen-bond donors (Lipinski definition) is 3. The summed E-state index contributed by atoms with van der Waals surface area (Å²) in [6.45, 7) is 0. The molecular formula is C10H11BrFN3O2. The van der Waals surface area contributed by atoms with Gasteiger partial charge in [-0.3, -0.25) is 9.59 Å². The number of benzene rings is 1. The van der Waals surface area contributed by atoms with E-state index in [1.54, 1.807) is 6.07 Å². The Morgan fingerprint density at radius 2 is 2.12 bits per heavy atom. The molecule has 92 valence electrons. The number of para-hydroxylation sites is 1. The molecule has 0 spiro atoms. The summed E-state index contributed by atoms with van der Waals surface area (Å²) in [6, 6.07) is 3.15. The maximum atomic E-state index is 13.4. The van der Waals surface area contributed by atoms with Crippen molar-refractivity contribution in [2.24, 2.45) is 11.5 Å². The van der Waals surface area contributed by atoms with Crippen molar-refractivity contribution in [3.8, 4) is 0 Å². The number of nitrogens with one attached hydrogen (secondary N) is 1. The summed E-state index contributed by atoms with van der Waals surface area (Å²) in [5.41, 5.74) is 10.3. The van der Waals surface area contributed by atoms with Crippen molar-refractivity contribution < 1.29 is 14.0 Å². The predicted molar refractivity (Wildman–Crippen MR) is 64.5 cm³/mol. The fourth-order valence-corrected chi connectivity index (χ4v) is 1.58. The first kappa shape index (κ1) is 13.6. The Morgan fingerprint density at radius 3 is 2.65 bits per heavy atom. The molecular weight excluding hydrogens is 293 g/mol. The number of hydrogen-bond acceptors (Lipinski definition) is 3. The molecule has 7 heteroatoms. The molecule has 0 aromatic heterocycles. The van der Waals surface area contributed by atoms with Crippen molar-refractivity contribution in [3.63, 3.8) is 0 Å². The molecule has 0 saturated carbocycles. The van der Waals surface area contributed by atoms with Crippen LogP contribution in [0.3, 0.4) is 0 Å². The van der Waals surface area contributed by atoms with Gasteiger partial charge in [0.2, 0.25) is 11.8 Å². The van der Waals surface area contributed by atoms with Gasteiger partial charge in [0.15, 0.2) is 0 Å². The lowest BCUT2D eigenvalue weighted by atomic mass is 10.2. The van der Waals surface area contributed by atoms with Crippen LogP contribution < -0.4 is 16.8 Å². The smallest absolute Gasteiger partial charge is 0.241 e. The van der Waals surface area contributed by atoms with Crippen molar-refractivity contribution in [2.75, 3.05) is 5.32 Å². The third-order valence-corrected chi connectivity index (χ3v) is 2.63. The zero-order chi connectivity index (χ0) is 13.0. The minimum Gasteiger partial charge on any atom is -0.370 e. The standard InChI is InChI=1S/C10H11BrFN3O2/c11-5-2-1-3-6(12)9(5)15-10(17)7(13)4-8(14)16/h1-3,7H,4,13H2,(H2,14,16)(H,15,17). The molecule has 0 saturated heterocycles. The van der Waals surface area contributed by atoms with Crippen LogP contribution in [-0.4, -0.2) is 17.9 Å². The van der Waals surface area contributed by atoms with Gasteiger partial charge in [0.05, 0.1) is 18.2 Å². The van der Waals surface area contributed by atoms with E-state index in [0.717, 1.165) is 0 Å². The SMILES string of the molecule is NC(=O)CC(N)C(=O)Nc1c(F)cccc1Br. The Bertz CT molecular complexity index is 433. The quantitative estimate of drug-likeness (QED) is 0.764. The number of carbonyl (C=O) groups is 2. The van der Waals surface area contributed by atoms with Crippen LogP contribution >= 0.6 is 15.9 Å². The zero-order valence-electron chi connectivity index (χ0n) is 8.74. The Balaban J connectivity index is 2.78. The van der Waals surface area contributed by atoms with E-state index in [4.69, 9.17) is 11.5 Å². The number of primary amides is 1. The molecule has 1 atom stereocenters. The minimum atomic E-state index is -1.10. The highest BCUT2D eigenvalue weighted by Gasteiger charge is 2.18. The van der Waals surface area contributed by atoms with Crippen LogP contribution in [0.4, 0.5) is 10.1 Å². The largest absolute Gasteiger partial charge is 0.370 e. The summed E-state index contributed by atoms with van der Waals surface area (Å²) in [6.07, 6.45) is -0.294. The van der Waals surface area contributed by atoms with E-state index in [0.29, 0.717) is 4.47 Å². The van der Waals surface area contributed by atoms with Crippen molar-refractivity contribution >= 4 is 33.4 Å². The molecule has 0 aliphatic carbocycles. The van der Waals surface area contributed by atoms with Crippen LogP contribution in [0.5, 0.6) is 0 Å². The highest BCUT2D eigenvalue weighted by Crippen LogP contribution is 2.25. The lowest BCUT2D eigenvalue weighted by Gasteiger charge is -2.12. The van der Waals surface area contributed by atoms with Gasteiger partial charge in [0.1, 0.15) is 5.82 Å². The van der Waals surface area contributed by atoms with E-state index in [1.165, 1.54) is 12.1 Å². The molecule has 0 aliphatic heterocycles. The predicted octanol–water partition coefficient (Wildman–Crippen LogP) is 0.729. The second-order valence-corrected chi connectivity index (χ2v) is 4.22. The maximum Gasteiger partial charge on any atom is 0.241 e. The molecule has 5 N–H and O–H groups in total. The molecule has 5 nitrogen and oxygen atoms in total. The van der Waals surface area contributed by atoms with Crippen molar-refractivity contribution in [3.05, 3.63) is 28.5 Å². The van der Waals surface area contributed by atoms with Crippen LogP contribution in [0.1, 0.15) is 6.42 Å². The molecule has 1 unspecified atom stereocenters. The normalized spacial score (nSPS) is 11.9. The van der Waals surface area contributed by atoms with E-state index in [2.05, 4.69) is 21.2 Å². The van der Waals surface area contributed by atoms with Crippen LogP contribution in [0.2, 0.25) is 0 Å². The molecule has 0 radical (unpaired) electrons. The van der Waals surface area contributed by atoms with Gasteiger partial charge in [-0.2, -0.15) is 0 Å². The summed E-state index contributed by atoms with van der Waals surface area (Å²) >= 11 is 3.09. The first-order chi connectivity index (χ1) is 7.91. The summed E-state index contributed by atoms with van der Waals surface area (Å²) < 4.78 is 13.7. The van der Waals surface area contributed by atoms with Crippen molar-refractivity contribution in [1.82, 2.24) is 0 Å². The fraction of sp³-hybridized carbons (Fsp3) is 0.200. The van der Waals surface area contributed by atoms with E-state index in [-0.39, 0.29) is 12.1 Å². The Morgan fingerprint density at radius 1 is 1.47 bits per heavy atom. The van der Waals surface area contributed by atoms with Gasteiger partial charge in [0.25, 0.3) is 0 Å². The second-order valence-electron chi connectivity index (χ2n) is 3.36. The highest BCUT2D eigenvalue weighted by atomic mass is 79.9. The Labute approximate surface area is 105 Å². The summed E-state index contributed by atoms with van der Waals surface area (Å²) in [5, 5.41) is 2.29. The van der Waals surface area contributed by atoms with Crippen LogP contribution in [0, 0.1) is 5.82 Å². The number of anilines is 1. The van der Waals surface area contributed by atoms with Crippen LogP contribution in [-0.2, 0) is 9.59 Å². The van der Waals surface area contributed by atoms with Gasteiger partial charge in [-0.15, -0.1) is 0 Å². The molecule has 0 fully saturated rings. The molecule has 2 amide bonds. The highest BCUT2D eigenvalue weighted by molar-refractivity contribution is 9.10. The molecule has 1 rings (SSSR count). The third kappa shape index (κ3) is 3.79. The lowest BCUT2D eigenvalue weighted by molar-refractivity contribution is -0.123. The number of amides is 2. The van der Waals surface area contributed by atoms with E-state index >= 15 is 0 Å².